The molecule has 0 aromatic heterocycles. The lowest BCUT2D eigenvalue weighted by molar-refractivity contribution is -0.0499. The molecule has 1 saturated carbocycles. The molecule has 1 aliphatic rings. The van der Waals surface area contributed by atoms with E-state index in [0.717, 1.165) is 31.2 Å². The second kappa shape index (κ2) is 7.71. The van der Waals surface area contributed by atoms with Crippen LogP contribution in [0.5, 0.6) is 5.75 Å². The molecule has 0 amide bonds. The van der Waals surface area contributed by atoms with Crippen LogP contribution in [0.4, 0.5) is 8.78 Å². The van der Waals surface area contributed by atoms with Gasteiger partial charge in [0, 0.05) is 18.7 Å². The van der Waals surface area contributed by atoms with Gasteiger partial charge >= 0.3 is 6.61 Å². The van der Waals surface area contributed by atoms with Crippen molar-refractivity contribution in [2.75, 3.05) is 6.61 Å². The third-order valence-electron chi connectivity index (χ3n) is 4.19. The Hall–Kier alpha value is -1.20. The van der Waals surface area contributed by atoms with E-state index in [0.29, 0.717) is 0 Å². The zero-order valence-electron chi connectivity index (χ0n) is 12.3. The maximum Gasteiger partial charge on any atom is 0.387 e. The minimum atomic E-state index is -2.80. The molecule has 1 aliphatic carbocycles. The van der Waals surface area contributed by atoms with Crippen LogP contribution in [0, 0.1) is 5.92 Å². The van der Waals surface area contributed by atoms with E-state index in [9.17, 15) is 13.9 Å². The van der Waals surface area contributed by atoms with Crippen LogP contribution in [0.2, 0.25) is 0 Å². The average Bonchev–Trinajstić information content (AvgIpc) is 2.47. The third-order valence-corrected chi connectivity index (χ3v) is 4.19. The van der Waals surface area contributed by atoms with Crippen LogP contribution in [-0.4, -0.2) is 24.4 Å². The first-order valence-electron chi connectivity index (χ1n) is 7.52. The van der Waals surface area contributed by atoms with Crippen molar-refractivity contribution in [2.45, 2.75) is 51.3 Å². The summed E-state index contributed by atoms with van der Waals surface area (Å²) in [5.41, 5.74) is 0.912. The fourth-order valence-electron chi connectivity index (χ4n) is 3.02. The zero-order valence-corrected chi connectivity index (χ0v) is 12.3. The maximum atomic E-state index is 12.3. The summed E-state index contributed by atoms with van der Waals surface area (Å²) in [5, 5.41) is 13.0. The standard InChI is InChI=1S/C16H23F2NO2/c1-11(19-15-8-3-2-5-13(15)10-20)12-6-4-7-14(9-12)21-16(17)18/h4,6-7,9,11,13,15-16,19-20H,2-3,5,8,10H2,1H3. The van der Waals surface area contributed by atoms with Crippen molar-refractivity contribution >= 4 is 0 Å². The number of ether oxygens (including phenoxy) is 1. The van der Waals surface area contributed by atoms with E-state index in [4.69, 9.17) is 0 Å². The summed E-state index contributed by atoms with van der Waals surface area (Å²) in [5.74, 6) is 0.459. The molecule has 3 atom stereocenters. The van der Waals surface area contributed by atoms with Crippen molar-refractivity contribution in [2.24, 2.45) is 5.92 Å². The van der Waals surface area contributed by atoms with Gasteiger partial charge in [-0.25, -0.2) is 0 Å². The van der Waals surface area contributed by atoms with Crippen LogP contribution in [0.3, 0.4) is 0 Å². The number of alkyl halides is 2. The largest absolute Gasteiger partial charge is 0.435 e. The minimum absolute atomic E-state index is 0.0309. The Kier molecular flexibility index (Phi) is 5.94. The van der Waals surface area contributed by atoms with Gasteiger partial charge in [0.2, 0.25) is 0 Å². The van der Waals surface area contributed by atoms with Crippen LogP contribution >= 0.6 is 0 Å². The molecule has 0 spiro atoms. The molecule has 1 fully saturated rings. The zero-order chi connectivity index (χ0) is 15.2. The predicted octanol–water partition coefficient (Wildman–Crippen LogP) is 3.49. The highest BCUT2D eigenvalue weighted by Gasteiger charge is 2.25. The highest BCUT2D eigenvalue weighted by molar-refractivity contribution is 5.30. The van der Waals surface area contributed by atoms with Crippen molar-refractivity contribution in [1.82, 2.24) is 5.32 Å². The van der Waals surface area contributed by atoms with Gasteiger partial charge in [-0.3, -0.25) is 0 Å². The Labute approximate surface area is 124 Å². The maximum absolute atomic E-state index is 12.3. The van der Waals surface area contributed by atoms with Gasteiger partial charge in [-0.2, -0.15) is 8.78 Å². The van der Waals surface area contributed by atoms with Crippen molar-refractivity contribution in [3.8, 4) is 5.75 Å². The van der Waals surface area contributed by atoms with Crippen LogP contribution in [0.15, 0.2) is 24.3 Å². The number of nitrogens with one attached hydrogen (secondary N) is 1. The number of benzene rings is 1. The summed E-state index contributed by atoms with van der Waals surface area (Å²) in [6, 6.07) is 7.09. The van der Waals surface area contributed by atoms with Gasteiger partial charge in [0.05, 0.1) is 0 Å². The average molecular weight is 299 g/mol. The quantitative estimate of drug-likeness (QED) is 0.845. The van der Waals surface area contributed by atoms with E-state index in [1.54, 1.807) is 12.1 Å². The van der Waals surface area contributed by atoms with Crippen molar-refractivity contribution in [1.29, 1.82) is 0 Å². The summed E-state index contributed by atoms with van der Waals surface area (Å²) in [7, 11) is 0. The first-order chi connectivity index (χ1) is 10.1. The van der Waals surface area contributed by atoms with Gasteiger partial charge in [0.15, 0.2) is 0 Å². The molecule has 3 nitrogen and oxygen atoms in total. The number of aliphatic hydroxyl groups excluding tert-OH is 1. The molecule has 118 valence electrons. The number of hydrogen-bond acceptors (Lipinski definition) is 3. The Morgan fingerprint density at radius 3 is 2.81 bits per heavy atom. The summed E-state index contributed by atoms with van der Waals surface area (Å²) in [4.78, 5) is 0. The van der Waals surface area contributed by atoms with Gasteiger partial charge in [0.25, 0.3) is 0 Å². The van der Waals surface area contributed by atoms with Crippen LogP contribution in [0.25, 0.3) is 0 Å². The number of halogens is 2. The summed E-state index contributed by atoms with van der Waals surface area (Å²) < 4.78 is 29.0. The number of hydrogen-bond donors (Lipinski definition) is 2. The van der Waals surface area contributed by atoms with Gasteiger partial charge in [0.1, 0.15) is 5.75 Å². The Morgan fingerprint density at radius 1 is 1.33 bits per heavy atom. The van der Waals surface area contributed by atoms with Gasteiger partial charge < -0.3 is 15.2 Å². The van der Waals surface area contributed by atoms with Gasteiger partial charge in [-0.1, -0.05) is 25.0 Å². The molecule has 3 unspecified atom stereocenters. The van der Waals surface area contributed by atoms with Crippen molar-refractivity contribution in [3.63, 3.8) is 0 Å². The van der Waals surface area contributed by atoms with E-state index in [-0.39, 0.29) is 30.4 Å². The van der Waals surface area contributed by atoms with E-state index >= 15 is 0 Å². The highest BCUT2D eigenvalue weighted by atomic mass is 19.3. The molecule has 0 bridgehead atoms. The molecule has 0 radical (unpaired) electrons. The molecule has 0 aliphatic heterocycles. The molecular weight excluding hydrogens is 276 g/mol. The summed E-state index contributed by atoms with van der Waals surface area (Å²) in [6.45, 7) is -0.607. The summed E-state index contributed by atoms with van der Waals surface area (Å²) >= 11 is 0. The lowest BCUT2D eigenvalue weighted by Crippen LogP contribution is -2.41. The predicted molar refractivity (Wildman–Crippen MR) is 77.5 cm³/mol. The lowest BCUT2D eigenvalue weighted by Gasteiger charge is -2.33. The van der Waals surface area contributed by atoms with E-state index < -0.39 is 6.61 Å². The molecular formula is C16H23F2NO2. The number of aliphatic hydroxyl groups is 1. The molecule has 21 heavy (non-hydrogen) atoms. The topological polar surface area (TPSA) is 41.5 Å². The fraction of sp³-hybridized carbons (Fsp3) is 0.625. The van der Waals surface area contributed by atoms with Crippen LogP contribution < -0.4 is 10.1 Å². The number of rotatable bonds is 6. The molecule has 1 aromatic carbocycles. The van der Waals surface area contributed by atoms with E-state index in [1.165, 1.54) is 6.07 Å². The fourth-order valence-corrected chi connectivity index (χ4v) is 3.02. The molecule has 0 heterocycles. The van der Waals surface area contributed by atoms with Crippen molar-refractivity contribution in [3.05, 3.63) is 29.8 Å². The molecule has 2 N–H and O–H groups in total. The smallest absolute Gasteiger partial charge is 0.387 e. The minimum Gasteiger partial charge on any atom is -0.435 e. The highest BCUT2D eigenvalue weighted by Crippen LogP contribution is 2.27. The first-order valence-corrected chi connectivity index (χ1v) is 7.52. The van der Waals surface area contributed by atoms with E-state index in [2.05, 4.69) is 10.1 Å². The Bertz CT molecular complexity index is 442. The monoisotopic (exact) mass is 299 g/mol. The Morgan fingerprint density at radius 2 is 2.10 bits per heavy atom. The third kappa shape index (κ3) is 4.64. The molecule has 2 rings (SSSR count). The summed E-state index contributed by atoms with van der Waals surface area (Å²) in [6.07, 6.45) is 4.41. The molecule has 0 saturated heterocycles. The van der Waals surface area contributed by atoms with E-state index in [1.807, 2.05) is 13.0 Å². The second-order valence-electron chi connectivity index (χ2n) is 5.67. The second-order valence-corrected chi connectivity index (χ2v) is 5.67. The Balaban J connectivity index is 2.00. The normalized spacial score (nSPS) is 24.0. The molecule has 1 aromatic rings. The van der Waals surface area contributed by atoms with Crippen LogP contribution in [0.1, 0.15) is 44.2 Å². The molecule has 5 heteroatoms. The van der Waals surface area contributed by atoms with Crippen molar-refractivity contribution < 1.29 is 18.6 Å². The van der Waals surface area contributed by atoms with Gasteiger partial charge in [-0.05, 0) is 43.4 Å². The lowest BCUT2D eigenvalue weighted by atomic mass is 9.84. The van der Waals surface area contributed by atoms with Gasteiger partial charge in [-0.15, -0.1) is 0 Å². The van der Waals surface area contributed by atoms with Crippen LogP contribution in [-0.2, 0) is 0 Å². The SMILES string of the molecule is CC(NC1CCCCC1CO)c1cccc(OC(F)F)c1. The first kappa shape index (κ1) is 16.2.